The van der Waals surface area contributed by atoms with Crippen molar-refractivity contribution in [1.29, 1.82) is 0 Å². The summed E-state index contributed by atoms with van der Waals surface area (Å²) in [7, 11) is 0. The second-order valence-electron chi connectivity index (χ2n) is 6.63. The fraction of sp³-hybridized carbons (Fsp3) is 0.263. The number of likely N-dealkylation sites (tertiary alicyclic amines) is 1. The van der Waals surface area contributed by atoms with E-state index in [1.807, 2.05) is 24.4 Å². The fourth-order valence-corrected chi connectivity index (χ4v) is 3.73. The van der Waals surface area contributed by atoms with Gasteiger partial charge in [-0.1, -0.05) is 47.1 Å². The molecule has 0 spiro atoms. The van der Waals surface area contributed by atoms with Crippen LogP contribution in [0.5, 0.6) is 0 Å². The zero-order chi connectivity index (χ0) is 18.1. The lowest BCUT2D eigenvalue weighted by atomic mass is 9.95. The lowest BCUT2D eigenvalue weighted by molar-refractivity contribution is 0.319. The van der Waals surface area contributed by atoms with Gasteiger partial charge in [-0.3, -0.25) is 4.90 Å². The normalized spacial score (nSPS) is 20.6. The van der Waals surface area contributed by atoms with Crippen LogP contribution in [0.15, 0.2) is 54.7 Å². The standard InChI is InChI=1S/C19H19ClFN5/c20-17-8-14(21)6-7-19(17)26-10-15(23-24-26)9-25-11-16(18(22)12-25)13-4-2-1-3-5-13/h1-8,10,16,18H,9,11-12,22H2/t16-,18+/m0/s1. The topological polar surface area (TPSA) is 60.0 Å². The highest BCUT2D eigenvalue weighted by molar-refractivity contribution is 6.32. The Labute approximate surface area is 156 Å². The van der Waals surface area contributed by atoms with E-state index in [0.717, 1.165) is 18.8 Å². The third kappa shape index (κ3) is 3.49. The molecule has 0 saturated carbocycles. The van der Waals surface area contributed by atoms with Crippen LogP contribution in [0.3, 0.4) is 0 Å². The van der Waals surface area contributed by atoms with E-state index in [2.05, 4.69) is 27.3 Å². The second-order valence-corrected chi connectivity index (χ2v) is 7.03. The van der Waals surface area contributed by atoms with Gasteiger partial charge in [0.2, 0.25) is 0 Å². The minimum Gasteiger partial charge on any atom is -0.326 e. The van der Waals surface area contributed by atoms with Gasteiger partial charge in [-0.2, -0.15) is 0 Å². The number of nitrogens with two attached hydrogens (primary N) is 1. The van der Waals surface area contributed by atoms with Gasteiger partial charge in [0, 0.05) is 31.6 Å². The van der Waals surface area contributed by atoms with Gasteiger partial charge < -0.3 is 5.73 Å². The first kappa shape index (κ1) is 17.1. The summed E-state index contributed by atoms with van der Waals surface area (Å²) >= 11 is 6.09. The third-order valence-electron chi connectivity index (χ3n) is 4.75. The van der Waals surface area contributed by atoms with Gasteiger partial charge in [-0.05, 0) is 23.8 Å². The van der Waals surface area contributed by atoms with Crippen LogP contribution >= 0.6 is 11.6 Å². The number of benzene rings is 2. The molecule has 1 aliphatic heterocycles. The predicted octanol–water partition coefficient (Wildman–Crippen LogP) is 2.99. The van der Waals surface area contributed by atoms with E-state index >= 15 is 0 Å². The van der Waals surface area contributed by atoms with Gasteiger partial charge in [-0.15, -0.1) is 5.10 Å². The number of halogens is 2. The van der Waals surface area contributed by atoms with Crippen molar-refractivity contribution in [3.63, 3.8) is 0 Å². The molecule has 1 aliphatic rings. The molecule has 0 amide bonds. The van der Waals surface area contributed by atoms with Crippen LogP contribution < -0.4 is 5.73 Å². The molecule has 2 atom stereocenters. The molecule has 4 rings (SSSR count). The molecule has 26 heavy (non-hydrogen) atoms. The third-order valence-corrected chi connectivity index (χ3v) is 5.05. The average molecular weight is 372 g/mol. The van der Waals surface area contributed by atoms with Crippen molar-refractivity contribution in [2.24, 2.45) is 5.73 Å². The van der Waals surface area contributed by atoms with Crippen molar-refractivity contribution < 1.29 is 4.39 Å². The molecule has 2 N–H and O–H groups in total. The first-order valence-electron chi connectivity index (χ1n) is 8.49. The summed E-state index contributed by atoms with van der Waals surface area (Å²) in [4.78, 5) is 2.28. The minimum atomic E-state index is -0.378. The van der Waals surface area contributed by atoms with E-state index in [1.54, 1.807) is 10.7 Å². The molecule has 0 radical (unpaired) electrons. The van der Waals surface area contributed by atoms with Crippen molar-refractivity contribution in [3.05, 3.63) is 76.8 Å². The molecular weight excluding hydrogens is 353 g/mol. The molecule has 0 bridgehead atoms. The van der Waals surface area contributed by atoms with Crippen LogP contribution in [0, 0.1) is 5.82 Å². The monoisotopic (exact) mass is 371 g/mol. The van der Waals surface area contributed by atoms with Crippen LogP contribution in [0.25, 0.3) is 5.69 Å². The summed E-state index contributed by atoms with van der Waals surface area (Å²) in [5, 5.41) is 8.64. The highest BCUT2D eigenvalue weighted by atomic mass is 35.5. The van der Waals surface area contributed by atoms with E-state index in [9.17, 15) is 4.39 Å². The largest absolute Gasteiger partial charge is 0.326 e. The SMILES string of the molecule is N[C@@H]1CN(Cc2cn(-c3ccc(F)cc3Cl)nn2)C[C@H]1c1ccccc1. The van der Waals surface area contributed by atoms with Gasteiger partial charge in [-0.25, -0.2) is 9.07 Å². The summed E-state index contributed by atoms with van der Waals surface area (Å²) in [5.74, 6) is -0.0603. The maximum absolute atomic E-state index is 13.2. The Morgan fingerprint density at radius 3 is 2.73 bits per heavy atom. The molecule has 3 aromatic rings. The van der Waals surface area contributed by atoms with E-state index in [-0.39, 0.29) is 11.9 Å². The van der Waals surface area contributed by atoms with Crippen LogP contribution in [-0.4, -0.2) is 39.0 Å². The number of aromatic nitrogens is 3. The lowest BCUT2D eigenvalue weighted by Crippen LogP contribution is -2.28. The maximum atomic E-state index is 13.2. The van der Waals surface area contributed by atoms with Crippen molar-refractivity contribution >= 4 is 11.6 Å². The lowest BCUT2D eigenvalue weighted by Gasteiger charge is -2.14. The Hall–Kier alpha value is -2.28. The van der Waals surface area contributed by atoms with Crippen LogP contribution in [-0.2, 0) is 6.54 Å². The smallest absolute Gasteiger partial charge is 0.124 e. The highest BCUT2D eigenvalue weighted by Gasteiger charge is 2.31. The first-order valence-corrected chi connectivity index (χ1v) is 8.87. The summed E-state index contributed by atoms with van der Waals surface area (Å²) < 4.78 is 14.8. The van der Waals surface area contributed by atoms with Crippen molar-refractivity contribution in [3.8, 4) is 5.69 Å². The number of hydrogen-bond acceptors (Lipinski definition) is 4. The Morgan fingerprint density at radius 2 is 1.96 bits per heavy atom. The zero-order valence-electron chi connectivity index (χ0n) is 14.1. The highest BCUT2D eigenvalue weighted by Crippen LogP contribution is 2.27. The van der Waals surface area contributed by atoms with Crippen molar-refractivity contribution in [1.82, 2.24) is 19.9 Å². The number of hydrogen-bond donors (Lipinski definition) is 1. The molecule has 1 saturated heterocycles. The van der Waals surface area contributed by atoms with E-state index in [4.69, 9.17) is 17.3 Å². The maximum Gasteiger partial charge on any atom is 0.124 e. The van der Waals surface area contributed by atoms with Gasteiger partial charge >= 0.3 is 0 Å². The van der Waals surface area contributed by atoms with Gasteiger partial charge in [0.1, 0.15) is 5.82 Å². The first-order chi connectivity index (χ1) is 12.6. The average Bonchev–Trinajstić information content (AvgIpc) is 3.22. The minimum absolute atomic E-state index is 0.0963. The second kappa shape index (κ2) is 7.15. The van der Waals surface area contributed by atoms with E-state index in [1.165, 1.54) is 17.7 Å². The Kier molecular flexibility index (Phi) is 4.72. The molecule has 5 nitrogen and oxygen atoms in total. The van der Waals surface area contributed by atoms with E-state index in [0.29, 0.717) is 23.2 Å². The van der Waals surface area contributed by atoms with Gasteiger partial charge in [0.05, 0.1) is 22.6 Å². The van der Waals surface area contributed by atoms with Gasteiger partial charge in [0.15, 0.2) is 0 Å². The van der Waals surface area contributed by atoms with Crippen LogP contribution in [0.4, 0.5) is 4.39 Å². The summed E-state index contributed by atoms with van der Waals surface area (Å²) in [5.41, 5.74) is 9.05. The molecule has 2 aromatic carbocycles. The Bertz CT molecular complexity index is 898. The summed E-state index contributed by atoms with van der Waals surface area (Å²) in [6.07, 6.45) is 1.82. The molecule has 7 heteroatoms. The molecule has 134 valence electrons. The Balaban J connectivity index is 1.46. The summed E-state index contributed by atoms with van der Waals surface area (Å²) in [6.45, 7) is 2.36. The zero-order valence-corrected chi connectivity index (χ0v) is 14.9. The predicted molar refractivity (Wildman–Crippen MR) is 98.8 cm³/mol. The molecule has 2 heterocycles. The van der Waals surface area contributed by atoms with Crippen LogP contribution in [0.2, 0.25) is 5.02 Å². The molecular formula is C19H19ClFN5. The molecule has 1 aromatic heterocycles. The Morgan fingerprint density at radius 1 is 1.15 bits per heavy atom. The molecule has 0 aliphatic carbocycles. The van der Waals surface area contributed by atoms with Crippen LogP contribution in [0.1, 0.15) is 17.2 Å². The molecule has 1 fully saturated rings. The molecule has 0 unspecified atom stereocenters. The summed E-state index contributed by atoms with van der Waals surface area (Å²) in [6, 6.07) is 14.7. The van der Waals surface area contributed by atoms with Crippen molar-refractivity contribution in [2.45, 2.75) is 18.5 Å². The fourth-order valence-electron chi connectivity index (χ4n) is 3.48. The van der Waals surface area contributed by atoms with E-state index < -0.39 is 0 Å². The quantitative estimate of drug-likeness (QED) is 0.766. The van der Waals surface area contributed by atoms with Crippen molar-refractivity contribution in [2.75, 3.05) is 13.1 Å². The number of rotatable bonds is 4. The van der Waals surface area contributed by atoms with Gasteiger partial charge in [0.25, 0.3) is 0 Å². The number of nitrogens with zero attached hydrogens (tertiary/aromatic N) is 4.